The monoisotopic (exact) mass is 441 g/mol. The molecule has 0 radical (unpaired) electrons. The first-order chi connectivity index (χ1) is 15.7. The second-order valence-corrected chi connectivity index (χ2v) is 8.25. The largest absolute Gasteiger partial charge is 0.508 e. The highest BCUT2D eigenvalue weighted by molar-refractivity contribution is 5.78. The summed E-state index contributed by atoms with van der Waals surface area (Å²) in [7, 11) is 0. The van der Waals surface area contributed by atoms with E-state index in [2.05, 4.69) is 0 Å². The third kappa shape index (κ3) is 4.44. The predicted octanol–water partition coefficient (Wildman–Crippen LogP) is 7.30. The van der Waals surface area contributed by atoms with Crippen LogP contribution < -0.4 is 9.64 Å². The Balaban J connectivity index is 1.74. The van der Waals surface area contributed by atoms with Gasteiger partial charge < -0.3 is 25.0 Å². The zero-order chi connectivity index (χ0) is 23.7. The van der Waals surface area contributed by atoms with E-state index in [9.17, 15) is 15.3 Å². The van der Waals surface area contributed by atoms with Crippen LogP contribution in [-0.4, -0.2) is 15.3 Å². The maximum absolute atomic E-state index is 10.4. The zero-order valence-corrected chi connectivity index (χ0v) is 19.1. The van der Waals surface area contributed by atoms with E-state index in [4.69, 9.17) is 4.74 Å². The van der Waals surface area contributed by atoms with Gasteiger partial charge in [0, 0.05) is 17.1 Å². The summed E-state index contributed by atoms with van der Waals surface area (Å²) < 4.78 is 6.00. The van der Waals surface area contributed by atoms with Gasteiger partial charge in [-0.15, -0.1) is 0 Å². The van der Waals surface area contributed by atoms with Gasteiger partial charge in [-0.1, -0.05) is 12.1 Å². The van der Waals surface area contributed by atoms with Crippen LogP contribution >= 0.6 is 0 Å². The molecule has 5 heteroatoms. The number of phenolic OH excluding ortho intramolecular Hbond substituents is 3. The Morgan fingerprint density at radius 1 is 0.545 bits per heavy atom. The first kappa shape index (κ1) is 22.1. The van der Waals surface area contributed by atoms with Crippen molar-refractivity contribution >= 4 is 17.1 Å². The molecule has 3 N–H and O–H groups in total. The summed E-state index contributed by atoms with van der Waals surface area (Å²) in [6.07, 6.45) is 0. The van der Waals surface area contributed by atoms with Gasteiger partial charge in [0.05, 0.1) is 0 Å². The third-order valence-corrected chi connectivity index (χ3v) is 5.72. The van der Waals surface area contributed by atoms with Crippen LogP contribution in [0.5, 0.6) is 28.7 Å². The number of nitrogens with zero attached hydrogens (tertiary/aromatic N) is 1. The van der Waals surface area contributed by atoms with Crippen molar-refractivity contribution in [3.8, 4) is 28.7 Å². The summed E-state index contributed by atoms with van der Waals surface area (Å²) in [5, 5.41) is 30.4. The van der Waals surface area contributed by atoms with E-state index in [-0.39, 0.29) is 17.2 Å². The number of anilines is 3. The Morgan fingerprint density at radius 2 is 1.03 bits per heavy atom. The van der Waals surface area contributed by atoms with Crippen molar-refractivity contribution < 1.29 is 20.1 Å². The molecule has 0 aliphatic rings. The lowest BCUT2D eigenvalue weighted by Gasteiger charge is -2.26. The summed E-state index contributed by atoms with van der Waals surface area (Å²) in [6, 6.07) is 22.2. The summed E-state index contributed by atoms with van der Waals surface area (Å²) in [4.78, 5) is 2.04. The van der Waals surface area contributed by atoms with Crippen LogP contribution in [0, 0.1) is 27.7 Å². The van der Waals surface area contributed by atoms with Gasteiger partial charge >= 0.3 is 0 Å². The Bertz CT molecular complexity index is 1260. The van der Waals surface area contributed by atoms with Gasteiger partial charge in [-0.3, -0.25) is 0 Å². The topological polar surface area (TPSA) is 73.2 Å². The zero-order valence-electron chi connectivity index (χ0n) is 19.1. The van der Waals surface area contributed by atoms with Gasteiger partial charge in [0.15, 0.2) is 11.5 Å². The van der Waals surface area contributed by atoms with Crippen LogP contribution in [0.3, 0.4) is 0 Å². The van der Waals surface area contributed by atoms with E-state index in [1.165, 1.54) is 0 Å². The minimum Gasteiger partial charge on any atom is -0.508 e. The van der Waals surface area contributed by atoms with Crippen molar-refractivity contribution in [1.29, 1.82) is 0 Å². The molecule has 0 fully saturated rings. The van der Waals surface area contributed by atoms with Crippen molar-refractivity contribution in [3.63, 3.8) is 0 Å². The number of benzene rings is 4. The molecule has 0 unspecified atom stereocenters. The molecule has 168 valence electrons. The number of hydrogen-bond acceptors (Lipinski definition) is 5. The van der Waals surface area contributed by atoms with Crippen molar-refractivity contribution in [2.24, 2.45) is 0 Å². The van der Waals surface area contributed by atoms with E-state index < -0.39 is 0 Å². The highest BCUT2D eigenvalue weighted by Crippen LogP contribution is 2.40. The van der Waals surface area contributed by atoms with Crippen LogP contribution in [0.2, 0.25) is 0 Å². The van der Waals surface area contributed by atoms with Crippen LogP contribution in [0.15, 0.2) is 72.8 Å². The Morgan fingerprint density at radius 3 is 1.55 bits per heavy atom. The van der Waals surface area contributed by atoms with Crippen LogP contribution in [-0.2, 0) is 0 Å². The number of hydrogen-bond donors (Lipinski definition) is 3. The molecule has 0 saturated carbocycles. The molecule has 0 amide bonds. The van der Waals surface area contributed by atoms with Gasteiger partial charge in [0.25, 0.3) is 0 Å². The minimum absolute atomic E-state index is 0.139. The maximum Gasteiger partial charge on any atom is 0.172 e. The fraction of sp³-hybridized carbons (Fsp3) is 0.143. The smallest absolute Gasteiger partial charge is 0.172 e. The van der Waals surface area contributed by atoms with E-state index in [0.717, 1.165) is 39.3 Å². The highest BCUT2D eigenvalue weighted by atomic mass is 16.5. The number of rotatable bonds is 5. The van der Waals surface area contributed by atoms with Crippen molar-refractivity contribution in [1.82, 2.24) is 0 Å². The lowest BCUT2D eigenvalue weighted by Crippen LogP contribution is -2.10. The molecule has 0 saturated heterocycles. The average molecular weight is 442 g/mol. The van der Waals surface area contributed by atoms with E-state index in [1.54, 1.807) is 12.1 Å². The van der Waals surface area contributed by atoms with Crippen molar-refractivity contribution in [3.05, 3.63) is 95.1 Å². The van der Waals surface area contributed by atoms with Gasteiger partial charge in [-0.25, -0.2) is 0 Å². The summed E-state index contributed by atoms with van der Waals surface area (Å²) in [6.45, 7) is 7.44. The molecule has 33 heavy (non-hydrogen) atoms. The van der Waals surface area contributed by atoms with Crippen molar-refractivity contribution in [2.75, 3.05) is 4.90 Å². The van der Waals surface area contributed by atoms with Gasteiger partial charge in [-0.2, -0.15) is 0 Å². The van der Waals surface area contributed by atoms with E-state index in [1.807, 2.05) is 93.3 Å². The van der Waals surface area contributed by atoms with Crippen LogP contribution in [0.4, 0.5) is 17.1 Å². The summed E-state index contributed by atoms with van der Waals surface area (Å²) in [5.41, 5.74) is 5.75. The standard InChI is InChI=1S/C28H27NO4/c1-17-5-6-18(2)28(27(17)32)33-24-11-7-21(8-12-24)29(22-9-13-25(30)19(3)15-22)23-10-14-26(31)20(4)16-23/h5-16,30-32H,1-4H3. The second kappa shape index (κ2) is 8.79. The molecule has 0 bridgehead atoms. The van der Waals surface area contributed by atoms with Crippen molar-refractivity contribution in [2.45, 2.75) is 27.7 Å². The van der Waals surface area contributed by atoms with E-state index >= 15 is 0 Å². The number of aromatic hydroxyl groups is 3. The minimum atomic E-state index is 0.139. The fourth-order valence-electron chi connectivity index (χ4n) is 3.69. The molecule has 4 aromatic carbocycles. The quantitative estimate of drug-likeness (QED) is 0.303. The first-order valence-corrected chi connectivity index (χ1v) is 10.7. The van der Waals surface area contributed by atoms with Gasteiger partial charge in [-0.05, 0) is 111 Å². The lowest BCUT2D eigenvalue weighted by molar-refractivity contribution is 0.406. The molecule has 4 rings (SSSR count). The summed E-state index contributed by atoms with van der Waals surface area (Å²) in [5.74, 6) is 1.66. The van der Waals surface area contributed by atoms with E-state index in [0.29, 0.717) is 11.5 Å². The Labute approximate surface area is 193 Å². The second-order valence-electron chi connectivity index (χ2n) is 8.25. The normalized spacial score (nSPS) is 10.8. The fourth-order valence-corrected chi connectivity index (χ4v) is 3.69. The molecule has 5 nitrogen and oxygen atoms in total. The Kier molecular flexibility index (Phi) is 5.88. The third-order valence-electron chi connectivity index (χ3n) is 5.72. The van der Waals surface area contributed by atoms with Crippen LogP contribution in [0.25, 0.3) is 0 Å². The predicted molar refractivity (Wildman–Crippen MR) is 132 cm³/mol. The SMILES string of the molecule is Cc1cc(N(c2ccc(Oc3c(C)ccc(C)c3O)cc2)c2ccc(O)c(C)c2)ccc1O. The molecule has 0 aliphatic heterocycles. The number of aryl methyl sites for hydroxylation is 4. The number of phenols is 3. The first-order valence-electron chi connectivity index (χ1n) is 10.7. The molecular weight excluding hydrogens is 414 g/mol. The summed E-state index contributed by atoms with van der Waals surface area (Å²) >= 11 is 0. The average Bonchev–Trinajstić information content (AvgIpc) is 2.80. The van der Waals surface area contributed by atoms with Crippen LogP contribution in [0.1, 0.15) is 22.3 Å². The molecular formula is C28H27NO4. The Hall–Kier alpha value is -4.12. The molecule has 0 heterocycles. The van der Waals surface area contributed by atoms with Gasteiger partial charge in [0.2, 0.25) is 0 Å². The number of ether oxygens (including phenoxy) is 1. The maximum atomic E-state index is 10.4. The lowest BCUT2D eigenvalue weighted by atomic mass is 10.1. The highest BCUT2D eigenvalue weighted by Gasteiger charge is 2.16. The molecule has 0 spiro atoms. The molecule has 0 aliphatic carbocycles. The van der Waals surface area contributed by atoms with Gasteiger partial charge in [0.1, 0.15) is 17.2 Å². The molecule has 4 aromatic rings. The molecule has 0 atom stereocenters. The molecule has 0 aromatic heterocycles.